The van der Waals surface area contributed by atoms with E-state index in [1.807, 2.05) is 24.3 Å². The lowest BCUT2D eigenvalue weighted by atomic mass is 10.2. The molecule has 0 aliphatic rings. The topological polar surface area (TPSA) is 73.6 Å². The summed E-state index contributed by atoms with van der Waals surface area (Å²) in [5, 5.41) is 3.38. The molecule has 1 aromatic heterocycles. The van der Waals surface area contributed by atoms with Crippen LogP contribution in [-0.4, -0.2) is 25.1 Å². The predicted octanol–water partition coefficient (Wildman–Crippen LogP) is 5.82. The highest BCUT2D eigenvalue weighted by Crippen LogP contribution is 2.31. The van der Waals surface area contributed by atoms with Gasteiger partial charge in [0.05, 0.1) is 24.8 Å². The van der Waals surface area contributed by atoms with Crippen LogP contribution in [0.25, 0.3) is 28.6 Å². The average Bonchev–Trinajstić information content (AvgIpc) is 3.21. The number of hydrogen-bond acceptors (Lipinski definition) is 5. The molecule has 0 saturated heterocycles. The van der Waals surface area contributed by atoms with Gasteiger partial charge in [0.15, 0.2) is 17.1 Å². The summed E-state index contributed by atoms with van der Waals surface area (Å²) in [4.78, 5) is 16.9. The fourth-order valence-corrected chi connectivity index (χ4v) is 3.28. The van der Waals surface area contributed by atoms with Crippen LogP contribution in [0.4, 0.5) is 5.69 Å². The van der Waals surface area contributed by atoms with Gasteiger partial charge in [-0.3, -0.25) is 4.79 Å². The lowest BCUT2D eigenvalue weighted by molar-refractivity contribution is -0.111. The first-order chi connectivity index (χ1) is 15.1. The highest BCUT2D eigenvalue weighted by atomic mass is 35.5. The van der Waals surface area contributed by atoms with Gasteiger partial charge in [-0.15, -0.1) is 0 Å². The van der Waals surface area contributed by atoms with Crippen molar-refractivity contribution < 1.29 is 18.7 Å². The summed E-state index contributed by atoms with van der Waals surface area (Å²) >= 11 is 6.23. The largest absolute Gasteiger partial charge is 0.493 e. The van der Waals surface area contributed by atoms with Crippen LogP contribution in [0.3, 0.4) is 0 Å². The Morgan fingerprint density at radius 2 is 1.84 bits per heavy atom. The van der Waals surface area contributed by atoms with E-state index in [1.165, 1.54) is 6.08 Å². The van der Waals surface area contributed by atoms with Crippen LogP contribution in [0.1, 0.15) is 5.56 Å². The van der Waals surface area contributed by atoms with Crippen molar-refractivity contribution >= 4 is 40.4 Å². The molecule has 0 saturated carbocycles. The second kappa shape index (κ2) is 8.93. The SMILES string of the molecule is COc1ccc(/C=C/C(=O)Nc2ccc3oc(-c4ccccc4Cl)nc3c2)cc1OC. The molecule has 4 rings (SSSR count). The average molecular weight is 435 g/mol. The molecule has 3 aromatic carbocycles. The van der Waals surface area contributed by atoms with E-state index in [1.54, 1.807) is 56.7 Å². The molecule has 0 radical (unpaired) electrons. The van der Waals surface area contributed by atoms with Gasteiger partial charge in [0, 0.05) is 11.8 Å². The molecular formula is C24H19ClN2O4. The molecule has 0 atom stereocenters. The van der Waals surface area contributed by atoms with Gasteiger partial charge in [0.2, 0.25) is 11.8 Å². The molecule has 0 bridgehead atoms. The number of amides is 1. The number of benzene rings is 3. The number of hydrogen-bond donors (Lipinski definition) is 1. The highest BCUT2D eigenvalue weighted by molar-refractivity contribution is 6.33. The smallest absolute Gasteiger partial charge is 0.248 e. The molecule has 1 heterocycles. The first-order valence-corrected chi connectivity index (χ1v) is 9.82. The summed E-state index contributed by atoms with van der Waals surface area (Å²) in [7, 11) is 3.14. The predicted molar refractivity (Wildman–Crippen MR) is 122 cm³/mol. The maximum Gasteiger partial charge on any atom is 0.248 e. The molecule has 1 amide bonds. The van der Waals surface area contributed by atoms with Crippen LogP contribution in [0, 0.1) is 0 Å². The van der Waals surface area contributed by atoms with Gasteiger partial charge in [0.25, 0.3) is 0 Å². The van der Waals surface area contributed by atoms with Gasteiger partial charge in [-0.05, 0) is 54.1 Å². The first kappa shape index (κ1) is 20.5. The Kier molecular flexibility index (Phi) is 5.91. The number of carbonyl (C=O) groups is 1. The van der Waals surface area contributed by atoms with E-state index in [4.69, 9.17) is 25.5 Å². The number of rotatable bonds is 6. The van der Waals surface area contributed by atoms with Crippen LogP contribution in [0.2, 0.25) is 5.02 Å². The Balaban J connectivity index is 1.50. The fraction of sp³-hybridized carbons (Fsp3) is 0.0833. The molecule has 0 fully saturated rings. The van der Waals surface area contributed by atoms with Crippen LogP contribution >= 0.6 is 11.6 Å². The van der Waals surface area contributed by atoms with Crippen LogP contribution < -0.4 is 14.8 Å². The molecule has 0 aliphatic carbocycles. The molecular weight excluding hydrogens is 416 g/mol. The van der Waals surface area contributed by atoms with Crippen molar-refractivity contribution in [2.45, 2.75) is 0 Å². The minimum absolute atomic E-state index is 0.274. The molecule has 0 aliphatic heterocycles. The van der Waals surface area contributed by atoms with Gasteiger partial charge in [-0.1, -0.05) is 29.8 Å². The maximum absolute atomic E-state index is 12.4. The summed E-state index contributed by atoms with van der Waals surface area (Å²) in [5.74, 6) is 1.37. The number of methoxy groups -OCH3 is 2. The van der Waals surface area contributed by atoms with Crippen molar-refractivity contribution in [3.05, 3.63) is 77.3 Å². The second-order valence-electron chi connectivity index (χ2n) is 6.62. The fourth-order valence-electron chi connectivity index (χ4n) is 3.07. The van der Waals surface area contributed by atoms with Crippen molar-refractivity contribution in [1.29, 1.82) is 0 Å². The van der Waals surface area contributed by atoms with E-state index < -0.39 is 0 Å². The van der Waals surface area contributed by atoms with Crippen molar-refractivity contribution in [1.82, 2.24) is 4.98 Å². The minimum Gasteiger partial charge on any atom is -0.493 e. The molecule has 31 heavy (non-hydrogen) atoms. The van der Waals surface area contributed by atoms with Gasteiger partial charge >= 0.3 is 0 Å². The summed E-state index contributed by atoms with van der Waals surface area (Å²) < 4.78 is 16.3. The number of aromatic nitrogens is 1. The summed E-state index contributed by atoms with van der Waals surface area (Å²) in [5.41, 5.74) is 3.35. The van der Waals surface area contributed by atoms with Gasteiger partial charge < -0.3 is 19.2 Å². The van der Waals surface area contributed by atoms with Crippen LogP contribution in [-0.2, 0) is 4.79 Å². The number of fused-ring (bicyclic) bond motifs is 1. The third kappa shape index (κ3) is 4.54. The zero-order valence-electron chi connectivity index (χ0n) is 16.9. The van der Waals surface area contributed by atoms with E-state index >= 15 is 0 Å². The van der Waals surface area contributed by atoms with Crippen molar-refractivity contribution in [3.8, 4) is 23.0 Å². The normalized spacial score (nSPS) is 11.1. The van der Waals surface area contributed by atoms with Crippen LogP contribution in [0.5, 0.6) is 11.5 Å². The Labute approximate surface area is 184 Å². The van der Waals surface area contributed by atoms with Gasteiger partial charge in [0.1, 0.15) is 5.52 Å². The zero-order valence-corrected chi connectivity index (χ0v) is 17.6. The Bertz CT molecular complexity index is 1280. The van der Waals surface area contributed by atoms with Gasteiger partial charge in [-0.2, -0.15) is 0 Å². The second-order valence-corrected chi connectivity index (χ2v) is 7.03. The number of oxazole rings is 1. The standard InChI is InChI=1S/C24H19ClN2O4/c1-29-21-10-7-15(13-22(21)30-2)8-12-23(28)26-16-9-11-20-19(14-16)27-24(31-20)17-5-3-4-6-18(17)25/h3-14H,1-2H3,(H,26,28)/b12-8+. The minimum atomic E-state index is -0.274. The van der Waals surface area contributed by atoms with Crippen LogP contribution in [0.15, 0.2) is 71.2 Å². The molecule has 6 nitrogen and oxygen atoms in total. The molecule has 0 spiro atoms. The number of ether oxygens (including phenoxy) is 2. The lowest BCUT2D eigenvalue weighted by Gasteiger charge is -2.07. The van der Waals surface area contributed by atoms with Crippen molar-refractivity contribution in [3.63, 3.8) is 0 Å². The maximum atomic E-state index is 12.4. The summed E-state index contributed by atoms with van der Waals surface area (Å²) in [6.07, 6.45) is 3.14. The zero-order chi connectivity index (χ0) is 21.8. The molecule has 156 valence electrons. The van der Waals surface area contributed by atoms with Crippen molar-refractivity contribution in [2.24, 2.45) is 0 Å². The monoisotopic (exact) mass is 434 g/mol. The highest BCUT2D eigenvalue weighted by Gasteiger charge is 2.12. The number of halogens is 1. The Morgan fingerprint density at radius 1 is 1.03 bits per heavy atom. The molecule has 4 aromatic rings. The summed E-state index contributed by atoms with van der Waals surface area (Å²) in [6.45, 7) is 0. The number of nitrogens with zero attached hydrogens (tertiary/aromatic N) is 1. The number of nitrogens with one attached hydrogen (secondary N) is 1. The van der Waals surface area contributed by atoms with E-state index in [-0.39, 0.29) is 5.91 Å². The Morgan fingerprint density at radius 3 is 2.61 bits per heavy atom. The third-order valence-electron chi connectivity index (χ3n) is 4.59. The molecule has 1 N–H and O–H groups in total. The summed E-state index contributed by atoms with van der Waals surface area (Å²) in [6, 6.07) is 18.0. The first-order valence-electron chi connectivity index (χ1n) is 9.44. The molecule has 0 unspecified atom stereocenters. The molecule has 7 heteroatoms. The quantitative estimate of drug-likeness (QED) is 0.387. The Hall–Kier alpha value is -3.77. The van der Waals surface area contributed by atoms with E-state index in [2.05, 4.69) is 10.3 Å². The lowest BCUT2D eigenvalue weighted by Crippen LogP contribution is -2.07. The van der Waals surface area contributed by atoms with E-state index in [0.717, 1.165) is 5.56 Å². The number of carbonyl (C=O) groups excluding carboxylic acids is 1. The van der Waals surface area contributed by atoms with E-state index in [0.29, 0.717) is 44.8 Å². The van der Waals surface area contributed by atoms with Crippen molar-refractivity contribution in [2.75, 3.05) is 19.5 Å². The number of anilines is 1. The third-order valence-corrected chi connectivity index (χ3v) is 4.92. The van der Waals surface area contributed by atoms with Gasteiger partial charge in [-0.25, -0.2) is 4.98 Å². The van der Waals surface area contributed by atoms with E-state index in [9.17, 15) is 4.79 Å².